The van der Waals surface area contributed by atoms with Crippen LogP contribution in [0.25, 0.3) is 0 Å². The van der Waals surface area contributed by atoms with Crippen molar-refractivity contribution < 1.29 is 62.2 Å². The maximum Gasteiger partial charge on any atom is 0.469 e. The van der Waals surface area contributed by atoms with Gasteiger partial charge < -0.3 is 60.8 Å². The fourth-order valence-corrected chi connectivity index (χ4v) is 6.32. The lowest BCUT2D eigenvalue weighted by molar-refractivity contribution is -0.140. The van der Waals surface area contributed by atoms with Gasteiger partial charge in [-0.25, -0.2) is 9.55 Å². The quantitative estimate of drug-likeness (QED) is 0.0395. The summed E-state index contributed by atoms with van der Waals surface area (Å²) in [7, 11) is -3.57. The lowest BCUT2D eigenvalue weighted by atomic mass is 10.0. The summed E-state index contributed by atoms with van der Waals surface area (Å²) in [5, 5.41) is 19.9. The number of hydrogen-bond acceptors (Lipinski definition) is 12. The zero-order chi connectivity index (χ0) is 40.6. The monoisotopic (exact) mass is 790 g/mol. The molecule has 1 saturated heterocycles. The van der Waals surface area contributed by atoms with E-state index in [1.807, 2.05) is 20.8 Å². The molecule has 0 spiro atoms. The molecule has 1 aliphatic heterocycles. The van der Waals surface area contributed by atoms with Gasteiger partial charge in [0, 0.05) is 38.5 Å². The van der Waals surface area contributed by atoms with Gasteiger partial charge in [0.05, 0.1) is 45.3 Å². The van der Waals surface area contributed by atoms with Crippen molar-refractivity contribution in [2.45, 2.75) is 103 Å². The normalized spacial score (nSPS) is 17.3. The number of aryl methyl sites for hydroxylation is 1. The molecule has 1 aromatic rings. The molecular weight excluding hydrogens is 735 g/mol. The number of amides is 6. The van der Waals surface area contributed by atoms with E-state index in [9.17, 15) is 38.4 Å². The number of aliphatic hydroxyl groups excluding tert-OH is 1. The largest absolute Gasteiger partial charge is 0.469 e. The summed E-state index contributed by atoms with van der Waals surface area (Å²) < 4.78 is 27.8. The number of nitrogens with zero attached hydrogens (tertiary/aromatic N) is 3. The minimum atomic E-state index is -5.10. The van der Waals surface area contributed by atoms with E-state index in [-0.39, 0.29) is 37.7 Å². The number of nitrogens with one attached hydrogen (secondary N) is 4. The third-order valence-electron chi connectivity index (χ3n) is 8.49. The van der Waals surface area contributed by atoms with Gasteiger partial charge in [-0.15, -0.1) is 0 Å². The highest BCUT2D eigenvalue weighted by Gasteiger charge is 2.38. The highest BCUT2D eigenvalue weighted by Crippen LogP contribution is 2.38. The van der Waals surface area contributed by atoms with Crippen LogP contribution < -0.4 is 27.0 Å². The summed E-state index contributed by atoms with van der Waals surface area (Å²) in [5.74, 6) is -4.95. The first-order valence-corrected chi connectivity index (χ1v) is 19.2. The Morgan fingerprint density at radius 2 is 1.63 bits per heavy atom. The van der Waals surface area contributed by atoms with Gasteiger partial charge >= 0.3 is 7.82 Å². The van der Waals surface area contributed by atoms with Gasteiger partial charge in [0.25, 0.3) is 0 Å². The molecule has 0 aromatic carbocycles. The molecule has 6 atom stereocenters. The summed E-state index contributed by atoms with van der Waals surface area (Å²) in [4.78, 5) is 103. The average Bonchev–Trinajstić information content (AvgIpc) is 3.77. The average molecular weight is 791 g/mol. The SMILES string of the molecule is CCn1cncc1C[C@H](NC(=O)[C@H](CC(C)C)NC(=O)[C@@H]1CCCN1C(=O)CCOCCOC)C(=O)N[C@@H](CO)C(=O)N[C@H](C(N)=O)[C@@H](C)OP(=O)(O)O. The van der Waals surface area contributed by atoms with Gasteiger partial charge in [-0.2, -0.15) is 0 Å². The van der Waals surface area contributed by atoms with Crippen LogP contribution in [0.4, 0.5) is 0 Å². The van der Waals surface area contributed by atoms with Crippen molar-refractivity contribution >= 4 is 43.3 Å². The molecule has 1 aromatic heterocycles. The van der Waals surface area contributed by atoms with Crippen molar-refractivity contribution in [1.29, 1.82) is 0 Å². The molecule has 1 aliphatic rings. The number of carbonyl (C=O) groups is 6. The number of hydrogen-bond donors (Lipinski definition) is 8. The number of likely N-dealkylation sites (tertiary alicyclic amines) is 1. The molecule has 6 amide bonds. The van der Waals surface area contributed by atoms with E-state index < -0.39 is 80.3 Å². The summed E-state index contributed by atoms with van der Waals surface area (Å²) in [6, 6.07) is -6.84. The summed E-state index contributed by atoms with van der Waals surface area (Å²) in [6.07, 6.45) is 2.45. The zero-order valence-corrected chi connectivity index (χ0v) is 32.2. The number of carbonyl (C=O) groups excluding carboxylic acids is 6. The number of phosphoric ester groups is 1. The molecule has 306 valence electrons. The molecule has 0 unspecified atom stereocenters. The molecule has 9 N–H and O–H groups in total. The van der Waals surface area contributed by atoms with E-state index in [4.69, 9.17) is 25.0 Å². The number of aliphatic hydroxyl groups is 1. The Bertz CT molecular complexity index is 1470. The number of nitrogens with two attached hydrogens (primary N) is 1. The van der Waals surface area contributed by atoms with Crippen LogP contribution in [-0.4, -0.2) is 141 Å². The summed E-state index contributed by atoms with van der Waals surface area (Å²) in [6.45, 7) is 7.24. The first-order valence-electron chi connectivity index (χ1n) is 17.6. The van der Waals surface area contributed by atoms with Crippen LogP contribution in [0.5, 0.6) is 0 Å². The van der Waals surface area contributed by atoms with Gasteiger partial charge in [-0.3, -0.25) is 33.3 Å². The van der Waals surface area contributed by atoms with Crippen LogP contribution in [-0.2, 0) is 60.3 Å². The third-order valence-corrected chi connectivity index (χ3v) is 9.09. The molecule has 2 rings (SSSR count). The van der Waals surface area contributed by atoms with E-state index in [2.05, 4.69) is 30.8 Å². The Balaban J connectivity index is 2.27. The Labute approximate surface area is 313 Å². The van der Waals surface area contributed by atoms with Crippen molar-refractivity contribution in [3.05, 3.63) is 18.2 Å². The number of ether oxygens (including phenoxy) is 2. The molecule has 54 heavy (non-hydrogen) atoms. The predicted molar refractivity (Wildman–Crippen MR) is 190 cm³/mol. The van der Waals surface area contributed by atoms with Gasteiger partial charge in [-0.05, 0) is 39.0 Å². The third kappa shape index (κ3) is 15.0. The molecule has 22 heteroatoms. The molecule has 21 nitrogen and oxygen atoms in total. The molecule has 0 radical (unpaired) electrons. The molecule has 0 aliphatic carbocycles. The Kier molecular flexibility index (Phi) is 19.2. The number of rotatable bonds is 24. The molecule has 0 saturated carbocycles. The number of imidazole rings is 1. The Hall–Kier alpha value is -3.98. The first-order chi connectivity index (χ1) is 25.4. The molecule has 1 fully saturated rings. The Morgan fingerprint density at radius 1 is 0.981 bits per heavy atom. The minimum absolute atomic E-state index is 0.0603. The van der Waals surface area contributed by atoms with Gasteiger partial charge in [-0.1, -0.05) is 13.8 Å². The highest BCUT2D eigenvalue weighted by molar-refractivity contribution is 7.46. The number of methoxy groups -OCH3 is 1. The highest BCUT2D eigenvalue weighted by atomic mass is 31.2. The summed E-state index contributed by atoms with van der Waals surface area (Å²) in [5.41, 5.74) is 5.82. The second-order valence-electron chi connectivity index (χ2n) is 13.2. The second-order valence-corrected chi connectivity index (χ2v) is 14.4. The van der Waals surface area contributed by atoms with Crippen LogP contribution in [0, 0.1) is 5.92 Å². The van der Waals surface area contributed by atoms with Gasteiger partial charge in [0.1, 0.15) is 30.2 Å². The topological polar surface area (TPSA) is 303 Å². The maximum atomic E-state index is 13.9. The number of aromatic nitrogens is 2. The Morgan fingerprint density at radius 3 is 2.22 bits per heavy atom. The van der Waals surface area contributed by atoms with Crippen molar-refractivity contribution in [3.8, 4) is 0 Å². The van der Waals surface area contributed by atoms with Crippen molar-refractivity contribution in [3.63, 3.8) is 0 Å². The summed E-state index contributed by atoms with van der Waals surface area (Å²) >= 11 is 0. The van der Waals surface area contributed by atoms with Crippen LogP contribution >= 0.6 is 7.82 Å². The van der Waals surface area contributed by atoms with Crippen molar-refractivity contribution in [2.24, 2.45) is 11.7 Å². The molecule has 2 heterocycles. The maximum absolute atomic E-state index is 13.9. The second kappa shape index (κ2) is 22.4. The van der Waals surface area contributed by atoms with E-state index in [1.54, 1.807) is 4.57 Å². The van der Waals surface area contributed by atoms with E-state index in [1.165, 1.54) is 24.5 Å². The van der Waals surface area contributed by atoms with Gasteiger partial charge in [0.2, 0.25) is 35.4 Å². The standard InChI is InChI=1S/C32H55N8O13P/c1-6-39-18-34-16-21(39)15-23(30(45)37-24(17-41)31(46)38-27(28(33)43)20(4)53-54(48,49)50)35-29(44)22(14-19(2)3)36-32(47)25-8-7-10-40(25)26(42)9-11-52-13-12-51-5/h16,18-20,22-25,27,41H,6-15,17H2,1-5H3,(H2,33,43)(H,35,44)(H,36,47)(H,37,45)(H,38,46)(H2,48,49,50)/t20-,22+,23+,24+,25+,27+/m1/s1. The molecular formula is C32H55N8O13P. The van der Waals surface area contributed by atoms with E-state index >= 15 is 0 Å². The number of primary amides is 1. The van der Waals surface area contributed by atoms with Crippen molar-refractivity contribution in [1.82, 2.24) is 35.7 Å². The number of phosphoric acid groups is 1. The van der Waals surface area contributed by atoms with E-state index in [0.29, 0.717) is 44.8 Å². The van der Waals surface area contributed by atoms with Crippen molar-refractivity contribution in [2.75, 3.05) is 40.1 Å². The van der Waals surface area contributed by atoms with Crippen LogP contribution in [0.1, 0.15) is 59.1 Å². The fraction of sp³-hybridized carbons (Fsp3) is 0.719. The predicted octanol–water partition coefficient (Wildman–Crippen LogP) is -2.55. The van der Waals surface area contributed by atoms with Crippen LogP contribution in [0.2, 0.25) is 0 Å². The smallest absolute Gasteiger partial charge is 0.394 e. The fourth-order valence-electron chi connectivity index (χ4n) is 5.77. The van der Waals surface area contributed by atoms with Crippen LogP contribution in [0.15, 0.2) is 12.5 Å². The lowest BCUT2D eigenvalue weighted by Gasteiger charge is -2.29. The lowest BCUT2D eigenvalue weighted by Crippen LogP contribution is -2.61. The minimum Gasteiger partial charge on any atom is -0.394 e. The molecule has 0 bridgehead atoms. The van der Waals surface area contributed by atoms with Gasteiger partial charge in [0.15, 0.2) is 0 Å². The van der Waals surface area contributed by atoms with E-state index in [0.717, 1.165) is 6.92 Å². The zero-order valence-electron chi connectivity index (χ0n) is 31.3. The first kappa shape index (κ1) is 46.2. The van der Waals surface area contributed by atoms with Crippen LogP contribution in [0.3, 0.4) is 0 Å².